The molecule has 1 fully saturated rings. The maximum Gasteiger partial charge on any atom is 0.225 e. The minimum Gasteiger partial charge on any atom is -0.494 e. The van der Waals surface area contributed by atoms with Gasteiger partial charge >= 0.3 is 0 Å². The lowest BCUT2D eigenvalue weighted by atomic mass is 9.92. The lowest BCUT2D eigenvalue weighted by molar-refractivity contribution is -0.00366. The summed E-state index contributed by atoms with van der Waals surface area (Å²) in [5.74, 6) is 1.49. The average Bonchev–Trinajstić information content (AvgIpc) is 2.70. The number of aliphatic hydroxyl groups is 2. The second-order valence-electron chi connectivity index (χ2n) is 7.54. The zero-order chi connectivity index (χ0) is 19.8. The fraction of sp³-hybridized carbons (Fsp3) is 0.524. The highest BCUT2D eigenvalue weighted by Gasteiger charge is 2.35. The number of aromatic nitrogens is 2. The minimum atomic E-state index is -0.778. The van der Waals surface area contributed by atoms with E-state index in [1.165, 1.54) is 5.56 Å². The van der Waals surface area contributed by atoms with E-state index in [1.807, 2.05) is 31.3 Å². The molecule has 1 aromatic heterocycles. The van der Waals surface area contributed by atoms with Crippen molar-refractivity contribution in [3.63, 3.8) is 0 Å². The summed E-state index contributed by atoms with van der Waals surface area (Å²) in [5, 5.41) is 19.9. The van der Waals surface area contributed by atoms with Crippen molar-refractivity contribution >= 4 is 5.95 Å². The number of hydrogen-bond donors (Lipinski definition) is 2. The van der Waals surface area contributed by atoms with Crippen LogP contribution in [0.3, 0.4) is 0 Å². The Kier molecular flexibility index (Phi) is 7.19. The summed E-state index contributed by atoms with van der Waals surface area (Å²) in [7, 11) is 2.03. The van der Waals surface area contributed by atoms with E-state index in [2.05, 4.69) is 19.8 Å². The molecule has 2 heterocycles. The second-order valence-corrected chi connectivity index (χ2v) is 7.54. The summed E-state index contributed by atoms with van der Waals surface area (Å²) in [6, 6.07) is 9.78. The maximum absolute atomic E-state index is 11.1. The third kappa shape index (κ3) is 5.89. The van der Waals surface area contributed by atoms with Gasteiger partial charge in [0.25, 0.3) is 0 Å². The zero-order valence-electron chi connectivity index (χ0n) is 16.5. The molecule has 152 valence electrons. The van der Waals surface area contributed by atoms with E-state index < -0.39 is 5.60 Å². The number of ether oxygens (including phenoxy) is 1. The molecule has 0 unspecified atom stereocenters. The van der Waals surface area contributed by atoms with Crippen molar-refractivity contribution < 1.29 is 14.9 Å². The van der Waals surface area contributed by atoms with Gasteiger partial charge in [0.2, 0.25) is 5.95 Å². The van der Waals surface area contributed by atoms with Crippen LogP contribution in [0, 0.1) is 0 Å². The van der Waals surface area contributed by atoms with Crippen molar-refractivity contribution in [1.82, 2.24) is 14.9 Å². The molecule has 1 saturated heterocycles. The van der Waals surface area contributed by atoms with Gasteiger partial charge < -0.3 is 19.8 Å². The van der Waals surface area contributed by atoms with E-state index in [0.29, 0.717) is 32.1 Å². The Morgan fingerprint density at radius 3 is 2.68 bits per heavy atom. The summed E-state index contributed by atoms with van der Waals surface area (Å²) in [6.07, 6.45) is 5.80. The van der Waals surface area contributed by atoms with Gasteiger partial charge in [-0.1, -0.05) is 12.1 Å². The van der Waals surface area contributed by atoms with Crippen molar-refractivity contribution in [3.05, 3.63) is 48.3 Å². The molecule has 0 saturated carbocycles. The summed E-state index contributed by atoms with van der Waals surface area (Å²) in [5.41, 5.74) is 0.388. The first kappa shape index (κ1) is 20.5. The average molecular weight is 386 g/mol. The molecule has 0 bridgehead atoms. The largest absolute Gasteiger partial charge is 0.494 e. The van der Waals surface area contributed by atoms with Gasteiger partial charge in [-0.2, -0.15) is 0 Å². The highest BCUT2D eigenvalue weighted by atomic mass is 16.5. The van der Waals surface area contributed by atoms with Crippen LogP contribution < -0.4 is 9.64 Å². The van der Waals surface area contributed by atoms with Crippen molar-refractivity contribution in [2.45, 2.75) is 31.4 Å². The van der Waals surface area contributed by atoms with E-state index in [4.69, 9.17) is 9.84 Å². The normalized spacial score (nSPS) is 19.8. The molecule has 1 aliphatic rings. The van der Waals surface area contributed by atoms with Gasteiger partial charge in [0.1, 0.15) is 5.75 Å². The molecular formula is C21H30N4O3. The number of rotatable bonds is 9. The molecule has 1 aromatic carbocycles. The molecule has 0 aliphatic carbocycles. The fourth-order valence-electron chi connectivity index (χ4n) is 3.68. The van der Waals surface area contributed by atoms with Gasteiger partial charge in [-0.3, -0.25) is 4.90 Å². The van der Waals surface area contributed by atoms with Crippen LogP contribution in [-0.2, 0) is 6.54 Å². The number of piperidine rings is 1. The van der Waals surface area contributed by atoms with Crippen LogP contribution in [0.25, 0.3) is 0 Å². The molecule has 0 spiro atoms. The maximum atomic E-state index is 11.1. The van der Waals surface area contributed by atoms with Crippen LogP contribution in [-0.4, -0.2) is 70.6 Å². The predicted octanol–water partition coefficient (Wildman–Crippen LogP) is 1.70. The first-order valence-electron chi connectivity index (χ1n) is 9.83. The Morgan fingerprint density at radius 1 is 1.21 bits per heavy atom. The number of nitrogens with zero attached hydrogens (tertiary/aromatic N) is 4. The summed E-state index contributed by atoms with van der Waals surface area (Å²) in [6.45, 7) is 3.41. The molecule has 1 aliphatic heterocycles. The number of likely N-dealkylation sites (N-methyl/N-ethyl adjacent to an activating group) is 1. The van der Waals surface area contributed by atoms with E-state index in [-0.39, 0.29) is 6.61 Å². The smallest absolute Gasteiger partial charge is 0.225 e. The Balaban J connectivity index is 1.52. The number of anilines is 1. The fourth-order valence-corrected chi connectivity index (χ4v) is 3.68. The van der Waals surface area contributed by atoms with E-state index in [9.17, 15) is 5.11 Å². The van der Waals surface area contributed by atoms with Gasteiger partial charge in [0, 0.05) is 45.1 Å². The Hall–Kier alpha value is -2.22. The van der Waals surface area contributed by atoms with Crippen molar-refractivity contribution in [3.8, 4) is 5.75 Å². The van der Waals surface area contributed by atoms with E-state index in [0.717, 1.165) is 31.7 Å². The Labute approximate surface area is 166 Å². The molecule has 1 atom stereocenters. The summed E-state index contributed by atoms with van der Waals surface area (Å²) >= 11 is 0. The van der Waals surface area contributed by atoms with Crippen molar-refractivity contribution in [2.75, 3.05) is 44.8 Å². The lowest BCUT2D eigenvalue weighted by Gasteiger charge is -2.41. The lowest BCUT2D eigenvalue weighted by Crippen LogP contribution is -2.54. The highest BCUT2D eigenvalue weighted by molar-refractivity contribution is 5.31. The monoisotopic (exact) mass is 386 g/mol. The molecular weight excluding hydrogens is 356 g/mol. The van der Waals surface area contributed by atoms with Gasteiger partial charge in [-0.15, -0.1) is 0 Å². The SMILES string of the molecule is CN(Cc1ccc(OCCCO)cc1)C[C@@]1(O)CCCN(c2ncccn2)C1. The number of aliphatic hydroxyl groups excluding tert-OH is 1. The molecule has 7 nitrogen and oxygen atoms in total. The Morgan fingerprint density at radius 2 is 1.96 bits per heavy atom. The first-order chi connectivity index (χ1) is 13.6. The van der Waals surface area contributed by atoms with Crippen LogP contribution in [0.5, 0.6) is 5.75 Å². The molecule has 0 amide bonds. The molecule has 3 rings (SSSR count). The topological polar surface area (TPSA) is 82.0 Å². The third-order valence-corrected chi connectivity index (χ3v) is 4.90. The van der Waals surface area contributed by atoms with Crippen LogP contribution >= 0.6 is 0 Å². The van der Waals surface area contributed by atoms with Crippen LogP contribution in [0.2, 0.25) is 0 Å². The van der Waals surface area contributed by atoms with Gasteiger partial charge in [-0.25, -0.2) is 9.97 Å². The third-order valence-electron chi connectivity index (χ3n) is 4.90. The van der Waals surface area contributed by atoms with Crippen LogP contribution in [0.4, 0.5) is 5.95 Å². The quantitative estimate of drug-likeness (QED) is 0.635. The molecule has 0 radical (unpaired) electrons. The van der Waals surface area contributed by atoms with Crippen LogP contribution in [0.1, 0.15) is 24.8 Å². The standard InChI is InChI=1S/C21H30N4O3/c1-24(15-18-5-7-19(8-6-18)28-14-4-13-26)16-21(27)9-2-12-25(17-21)20-22-10-3-11-23-20/h3,5-8,10-11,26-27H,2,4,9,12-17H2,1H3/t21-/m0/s1. The van der Waals surface area contributed by atoms with Gasteiger partial charge in [0.05, 0.1) is 18.8 Å². The van der Waals surface area contributed by atoms with E-state index >= 15 is 0 Å². The molecule has 7 heteroatoms. The minimum absolute atomic E-state index is 0.139. The van der Waals surface area contributed by atoms with Crippen molar-refractivity contribution in [2.24, 2.45) is 0 Å². The molecule has 28 heavy (non-hydrogen) atoms. The van der Waals surface area contributed by atoms with Gasteiger partial charge in [-0.05, 0) is 43.7 Å². The number of β-amino-alcohol motifs (C(OH)–C–C–N with tert-alkyl or cyclic N) is 1. The first-order valence-corrected chi connectivity index (χ1v) is 9.83. The zero-order valence-corrected chi connectivity index (χ0v) is 16.5. The molecule has 2 aromatic rings. The second kappa shape index (κ2) is 9.82. The number of benzene rings is 1. The highest BCUT2D eigenvalue weighted by Crippen LogP contribution is 2.25. The van der Waals surface area contributed by atoms with Crippen molar-refractivity contribution in [1.29, 1.82) is 0 Å². The predicted molar refractivity (Wildman–Crippen MR) is 108 cm³/mol. The summed E-state index contributed by atoms with van der Waals surface area (Å²) < 4.78 is 5.57. The van der Waals surface area contributed by atoms with Gasteiger partial charge in [0.15, 0.2) is 0 Å². The van der Waals surface area contributed by atoms with E-state index in [1.54, 1.807) is 18.5 Å². The molecule has 2 N–H and O–H groups in total. The van der Waals surface area contributed by atoms with Crippen LogP contribution in [0.15, 0.2) is 42.7 Å². The number of hydrogen-bond acceptors (Lipinski definition) is 7. The Bertz CT molecular complexity index is 713. The summed E-state index contributed by atoms with van der Waals surface area (Å²) in [4.78, 5) is 12.8.